The van der Waals surface area contributed by atoms with E-state index in [1.165, 1.54) is 199 Å². The molecular weight excluding hydrogens is 448 g/mol. The first-order chi connectivity index (χ1) is 18.3. The Morgan fingerprint density at radius 3 is 0.649 bits per heavy atom. The van der Waals surface area contributed by atoms with Gasteiger partial charge in [-0.3, -0.25) is 0 Å². The maximum atomic E-state index is 10.0. The summed E-state index contributed by atoms with van der Waals surface area (Å²) in [5.41, 5.74) is 0. The van der Waals surface area contributed by atoms with Crippen molar-refractivity contribution in [2.75, 3.05) is 0 Å². The van der Waals surface area contributed by atoms with Crippen LogP contribution < -0.4 is 0 Å². The Kier molecular flexibility index (Phi) is 34.0. The van der Waals surface area contributed by atoms with E-state index in [2.05, 4.69) is 13.8 Å². The molecule has 0 aliphatic rings. The van der Waals surface area contributed by atoms with Gasteiger partial charge in [-0.25, -0.2) is 0 Å². The van der Waals surface area contributed by atoms with E-state index in [1.807, 2.05) is 0 Å². The third-order valence-electron chi connectivity index (χ3n) is 8.53. The molecule has 0 amide bonds. The molecule has 0 aromatic heterocycles. The molecule has 37 heavy (non-hydrogen) atoms. The van der Waals surface area contributed by atoms with E-state index in [1.54, 1.807) is 0 Å². The van der Waals surface area contributed by atoms with E-state index in [0.717, 1.165) is 12.8 Å². The number of rotatable bonds is 33. The molecule has 0 bridgehead atoms. The van der Waals surface area contributed by atoms with E-state index in [9.17, 15) is 5.11 Å². The lowest BCUT2D eigenvalue weighted by Gasteiger charge is -2.10. The predicted molar refractivity (Wildman–Crippen MR) is 170 cm³/mol. The van der Waals surface area contributed by atoms with Crippen LogP contribution in [-0.4, -0.2) is 11.2 Å². The minimum atomic E-state index is -0.0314. The van der Waals surface area contributed by atoms with Gasteiger partial charge in [-0.1, -0.05) is 213 Å². The summed E-state index contributed by atoms with van der Waals surface area (Å²) in [5.74, 6) is 0. The predicted octanol–water partition coefficient (Wildman–Crippen LogP) is 13.3. The lowest BCUT2D eigenvalue weighted by atomic mass is 10.0. The summed E-state index contributed by atoms with van der Waals surface area (Å²) in [6, 6.07) is 0. The Labute approximate surface area is 236 Å². The van der Waals surface area contributed by atoms with Gasteiger partial charge in [-0.05, 0) is 12.8 Å². The van der Waals surface area contributed by atoms with Crippen LogP contribution >= 0.6 is 0 Å². The summed E-state index contributed by atoms with van der Waals surface area (Å²) in [7, 11) is 0. The van der Waals surface area contributed by atoms with E-state index >= 15 is 0 Å². The first-order valence-corrected chi connectivity index (χ1v) is 18.0. The molecule has 0 saturated carbocycles. The van der Waals surface area contributed by atoms with E-state index in [-0.39, 0.29) is 6.10 Å². The normalized spacial score (nSPS) is 12.4. The van der Waals surface area contributed by atoms with Gasteiger partial charge in [0.25, 0.3) is 0 Å². The monoisotopic (exact) mass is 523 g/mol. The average Bonchev–Trinajstić information content (AvgIpc) is 2.90. The molecule has 0 fully saturated rings. The van der Waals surface area contributed by atoms with E-state index < -0.39 is 0 Å². The summed E-state index contributed by atoms with van der Waals surface area (Å²) in [5, 5.41) is 10.0. The smallest absolute Gasteiger partial charge is 0.0540 e. The number of hydrogen-bond acceptors (Lipinski definition) is 1. The van der Waals surface area contributed by atoms with Gasteiger partial charge in [0.1, 0.15) is 0 Å². The summed E-state index contributed by atoms with van der Waals surface area (Å²) in [6.07, 6.45) is 46.2. The molecule has 0 aliphatic carbocycles. The molecule has 0 aromatic carbocycles. The van der Waals surface area contributed by atoms with Crippen molar-refractivity contribution in [1.82, 2.24) is 0 Å². The molecule has 1 nitrogen and oxygen atoms in total. The largest absolute Gasteiger partial charge is 0.393 e. The number of aliphatic hydroxyl groups is 1. The molecule has 1 heteroatoms. The highest BCUT2D eigenvalue weighted by atomic mass is 16.3. The third kappa shape index (κ3) is 33.9. The zero-order valence-corrected chi connectivity index (χ0v) is 26.4. The van der Waals surface area contributed by atoms with Crippen molar-refractivity contribution in [3.8, 4) is 0 Å². The van der Waals surface area contributed by atoms with Gasteiger partial charge in [0.15, 0.2) is 0 Å². The van der Waals surface area contributed by atoms with Crippen LogP contribution in [0.4, 0.5) is 0 Å². The molecule has 0 saturated heterocycles. The van der Waals surface area contributed by atoms with Gasteiger partial charge in [0, 0.05) is 0 Å². The quantitative estimate of drug-likeness (QED) is 0.0849. The molecule has 0 heterocycles. The molecule has 0 rings (SSSR count). The summed E-state index contributed by atoms with van der Waals surface area (Å²) >= 11 is 0. The van der Waals surface area contributed by atoms with Gasteiger partial charge < -0.3 is 5.11 Å². The Morgan fingerprint density at radius 2 is 0.432 bits per heavy atom. The van der Waals surface area contributed by atoms with Gasteiger partial charge in [0.2, 0.25) is 0 Å². The molecule has 1 atom stereocenters. The Morgan fingerprint density at radius 1 is 0.270 bits per heavy atom. The minimum Gasteiger partial charge on any atom is -0.393 e. The summed E-state index contributed by atoms with van der Waals surface area (Å²) in [6.45, 7) is 4.55. The summed E-state index contributed by atoms with van der Waals surface area (Å²) in [4.78, 5) is 0. The standard InChI is InChI=1S/C36H74O/c1-3-5-7-9-10-11-12-13-14-15-16-17-18-19-20-21-22-23-24-25-26-27-28-29-30-31-33-35-36(37)34-32-8-6-4-2/h36-37H,3-35H2,1-2H3/t36-/m1/s1. The molecule has 1 N–H and O–H groups in total. The number of unbranched alkanes of at least 4 members (excludes halogenated alkanes) is 29. The molecule has 0 spiro atoms. The van der Waals surface area contributed by atoms with Crippen LogP contribution in [0.5, 0.6) is 0 Å². The highest BCUT2D eigenvalue weighted by Gasteiger charge is 2.03. The van der Waals surface area contributed by atoms with Gasteiger partial charge >= 0.3 is 0 Å². The fourth-order valence-electron chi connectivity index (χ4n) is 5.82. The van der Waals surface area contributed by atoms with E-state index in [4.69, 9.17) is 0 Å². The second-order valence-corrected chi connectivity index (χ2v) is 12.5. The zero-order valence-electron chi connectivity index (χ0n) is 26.4. The van der Waals surface area contributed by atoms with Gasteiger partial charge in [-0.15, -0.1) is 0 Å². The van der Waals surface area contributed by atoms with Crippen LogP contribution in [0, 0.1) is 0 Å². The molecule has 0 aliphatic heterocycles. The van der Waals surface area contributed by atoms with Crippen LogP contribution in [0.1, 0.15) is 226 Å². The van der Waals surface area contributed by atoms with Crippen LogP contribution in [0.15, 0.2) is 0 Å². The topological polar surface area (TPSA) is 20.2 Å². The van der Waals surface area contributed by atoms with Crippen LogP contribution in [0.2, 0.25) is 0 Å². The van der Waals surface area contributed by atoms with Gasteiger partial charge in [0.05, 0.1) is 6.10 Å². The second kappa shape index (κ2) is 34.0. The average molecular weight is 523 g/mol. The lowest BCUT2D eigenvalue weighted by Crippen LogP contribution is -2.05. The van der Waals surface area contributed by atoms with Crippen molar-refractivity contribution in [2.24, 2.45) is 0 Å². The Bertz CT molecular complexity index is 379. The van der Waals surface area contributed by atoms with Crippen molar-refractivity contribution < 1.29 is 5.11 Å². The maximum Gasteiger partial charge on any atom is 0.0540 e. The highest BCUT2D eigenvalue weighted by molar-refractivity contribution is 4.57. The van der Waals surface area contributed by atoms with Crippen molar-refractivity contribution in [3.63, 3.8) is 0 Å². The summed E-state index contributed by atoms with van der Waals surface area (Å²) < 4.78 is 0. The Hall–Kier alpha value is -0.0400. The second-order valence-electron chi connectivity index (χ2n) is 12.5. The van der Waals surface area contributed by atoms with Crippen molar-refractivity contribution in [3.05, 3.63) is 0 Å². The molecule has 224 valence electrons. The molecule has 0 unspecified atom stereocenters. The zero-order chi connectivity index (χ0) is 26.9. The highest BCUT2D eigenvalue weighted by Crippen LogP contribution is 2.17. The maximum absolute atomic E-state index is 10.0. The van der Waals surface area contributed by atoms with Crippen molar-refractivity contribution in [2.45, 2.75) is 232 Å². The van der Waals surface area contributed by atoms with Crippen molar-refractivity contribution in [1.29, 1.82) is 0 Å². The molecule has 0 radical (unpaired) electrons. The Balaban J connectivity index is 3.06. The van der Waals surface area contributed by atoms with Crippen LogP contribution in [0.25, 0.3) is 0 Å². The SMILES string of the molecule is CCCCCCCCCCCCCCCCCCCCCCCCCCCCC[C@H](O)CCCCCC. The third-order valence-corrected chi connectivity index (χ3v) is 8.53. The first-order valence-electron chi connectivity index (χ1n) is 18.0. The number of hydrogen-bond donors (Lipinski definition) is 1. The fourth-order valence-corrected chi connectivity index (χ4v) is 5.82. The lowest BCUT2D eigenvalue weighted by molar-refractivity contribution is 0.147. The van der Waals surface area contributed by atoms with Crippen LogP contribution in [-0.2, 0) is 0 Å². The minimum absolute atomic E-state index is 0.0314. The van der Waals surface area contributed by atoms with Gasteiger partial charge in [-0.2, -0.15) is 0 Å². The number of aliphatic hydroxyl groups excluding tert-OH is 1. The van der Waals surface area contributed by atoms with E-state index in [0.29, 0.717) is 0 Å². The molecular formula is C36H74O. The van der Waals surface area contributed by atoms with Crippen molar-refractivity contribution >= 4 is 0 Å². The molecule has 0 aromatic rings. The first kappa shape index (κ1) is 37.0. The van der Waals surface area contributed by atoms with Crippen LogP contribution in [0.3, 0.4) is 0 Å². The fraction of sp³-hybridized carbons (Fsp3) is 1.00.